The van der Waals surface area contributed by atoms with Crippen molar-refractivity contribution in [3.63, 3.8) is 0 Å². The maximum Gasteiger partial charge on any atom is 0.243 e. The number of thiazole rings is 1. The van der Waals surface area contributed by atoms with Gasteiger partial charge in [-0.2, -0.15) is 0 Å². The molecule has 1 heterocycles. The Bertz CT molecular complexity index is 731. The maximum atomic E-state index is 13.1. The van der Waals surface area contributed by atoms with E-state index in [-0.39, 0.29) is 12.5 Å². The Morgan fingerprint density at radius 2 is 2.20 bits per heavy atom. The van der Waals surface area contributed by atoms with Crippen LogP contribution in [0.2, 0.25) is 0 Å². The van der Waals surface area contributed by atoms with Crippen molar-refractivity contribution in [2.75, 3.05) is 25.5 Å². The van der Waals surface area contributed by atoms with Crippen LogP contribution in [0.4, 0.5) is 10.1 Å². The molecule has 0 aliphatic rings. The number of hydrogen-bond acceptors (Lipinski definition) is 4. The molecular formula is C17H22FN5OS. The number of carbonyl (C=O) groups excluding carboxylic acids is 1. The molecule has 0 aliphatic heterocycles. The molecule has 1 aromatic heterocycles. The highest BCUT2D eigenvalue weighted by molar-refractivity contribution is 7.11. The summed E-state index contributed by atoms with van der Waals surface area (Å²) in [7, 11) is 1.64. The van der Waals surface area contributed by atoms with Gasteiger partial charge in [0.05, 0.1) is 11.6 Å². The van der Waals surface area contributed by atoms with Gasteiger partial charge in [0.15, 0.2) is 5.96 Å². The minimum absolute atomic E-state index is 0.0351. The van der Waals surface area contributed by atoms with Crippen molar-refractivity contribution in [3.8, 4) is 0 Å². The second-order valence-corrected chi connectivity index (χ2v) is 6.43. The number of benzene rings is 1. The van der Waals surface area contributed by atoms with Crippen molar-refractivity contribution >= 4 is 28.9 Å². The molecular weight excluding hydrogens is 341 g/mol. The summed E-state index contributed by atoms with van der Waals surface area (Å²) in [5, 5.41) is 9.76. The summed E-state index contributed by atoms with van der Waals surface area (Å²) in [6, 6.07) is 5.77. The summed E-state index contributed by atoms with van der Waals surface area (Å²) in [6.45, 7) is 2.81. The van der Waals surface area contributed by atoms with Crippen molar-refractivity contribution in [2.24, 2.45) is 4.99 Å². The van der Waals surface area contributed by atoms with Gasteiger partial charge >= 0.3 is 0 Å². The highest BCUT2D eigenvalue weighted by atomic mass is 32.1. The van der Waals surface area contributed by atoms with Crippen molar-refractivity contribution in [2.45, 2.75) is 19.8 Å². The van der Waals surface area contributed by atoms with Crippen LogP contribution in [0.5, 0.6) is 0 Å². The first-order valence-corrected chi connectivity index (χ1v) is 8.86. The van der Waals surface area contributed by atoms with Crippen molar-refractivity contribution in [3.05, 3.63) is 46.2 Å². The van der Waals surface area contributed by atoms with E-state index < -0.39 is 5.82 Å². The minimum atomic E-state index is -0.392. The zero-order valence-corrected chi connectivity index (χ0v) is 15.1. The molecule has 0 radical (unpaired) electrons. The monoisotopic (exact) mass is 363 g/mol. The zero-order chi connectivity index (χ0) is 18.1. The van der Waals surface area contributed by atoms with E-state index in [1.54, 1.807) is 30.5 Å². The van der Waals surface area contributed by atoms with E-state index in [0.29, 0.717) is 18.2 Å². The number of aliphatic imine (C=N–C) groups is 1. The number of halogens is 1. The van der Waals surface area contributed by atoms with Crippen LogP contribution in [-0.4, -0.2) is 37.0 Å². The van der Waals surface area contributed by atoms with Gasteiger partial charge < -0.3 is 16.0 Å². The molecule has 1 amide bonds. The van der Waals surface area contributed by atoms with E-state index in [0.717, 1.165) is 17.8 Å². The van der Waals surface area contributed by atoms with Gasteiger partial charge in [0, 0.05) is 36.8 Å². The summed E-state index contributed by atoms with van der Waals surface area (Å²) < 4.78 is 13.1. The predicted octanol–water partition coefficient (Wildman–Crippen LogP) is 2.19. The Labute approximate surface area is 150 Å². The van der Waals surface area contributed by atoms with Crippen LogP contribution in [0, 0.1) is 5.82 Å². The van der Waals surface area contributed by atoms with Gasteiger partial charge in [0.25, 0.3) is 0 Å². The number of anilines is 1. The fraction of sp³-hybridized carbons (Fsp3) is 0.353. The molecule has 134 valence electrons. The number of guanidine groups is 1. The molecule has 0 aliphatic carbocycles. The first kappa shape index (κ1) is 18.9. The van der Waals surface area contributed by atoms with Crippen LogP contribution in [0.1, 0.15) is 16.8 Å². The van der Waals surface area contributed by atoms with E-state index in [1.165, 1.54) is 17.0 Å². The lowest BCUT2D eigenvalue weighted by atomic mass is 10.3. The molecule has 0 atom stereocenters. The van der Waals surface area contributed by atoms with Gasteiger partial charge in [-0.05, 0) is 24.6 Å². The van der Waals surface area contributed by atoms with Crippen molar-refractivity contribution in [1.82, 2.24) is 15.6 Å². The van der Waals surface area contributed by atoms with E-state index in [9.17, 15) is 9.18 Å². The lowest BCUT2D eigenvalue weighted by molar-refractivity contribution is -0.115. The number of amides is 1. The summed E-state index contributed by atoms with van der Waals surface area (Å²) >= 11 is 1.71. The lowest BCUT2D eigenvalue weighted by Gasteiger charge is -2.11. The van der Waals surface area contributed by atoms with Gasteiger partial charge in [-0.3, -0.25) is 9.79 Å². The topological polar surface area (TPSA) is 78.4 Å². The second-order valence-electron chi connectivity index (χ2n) is 5.23. The molecule has 2 aromatic rings. The molecule has 0 fully saturated rings. The van der Waals surface area contributed by atoms with Crippen LogP contribution >= 0.6 is 11.3 Å². The third-order valence-corrected chi connectivity index (χ3v) is 4.53. The Morgan fingerprint density at radius 3 is 2.88 bits per heavy atom. The third-order valence-electron chi connectivity index (χ3n) is 3.33. The maximum absolute atomic E-state index is 13.1. The molecule has 0 spiro atoms. The molecule has 3 N–H and O–H groups in total. The molecule has 2 rings (SSSR count). The van der Waals surface area contributed by atoms with Gasteiger partial charge in [-0.15, -0.1) is 11.3 Å². The van der Waals surface area contributed by atoms with Crippen LogP contribution in [0.25, 0.3) is 0 Å². The first-order valence-electron chi connectivity index (χ1n) is 8.04. The summed E-state index contributed by atoms with van der Waals surface area (Å²) in [5.41, 5.74) is 0.422. The Hall–Kier alpha value is -2.48. The quantitative estimate of drug-likeness (QED) is 0.520. The van der Waals surface area contributed by atoms with E-state index in [1.807, 2.05) is 6.20 Å². The molecule has 0 saturated heterocycles. The van der Waals surface area contributed by atoms with Gasteiger partial charge in [-0.25, -0.2) is 9.37 Å². The standard InChI is InChI=1S/C17H22FN5OS/c1-3-14-10-21-16(25-14)7-8-20-17(19-2)22-11-15(24)23-13-6-4-5-12(18)9-13/h4-6,9-10H,3,7-8,11H2,1-2H3,(H,23,24)(H2,19,20,22). The average Bonchev–Trinajstić information content (AvgIpc) is 3.06. The van der Waals surface area contributed by atoms with E-state index in [2.05, 4.69) is 32.9 Å². The Kier molecular flexibility index (Phi) is 7.34. The third kappa shape index (κ3) is 6.50. The number of hydrogen-bond donors (Lipinski definition) is 3. The van der Waals surface area contributed by atoms with Crippen molar-refractivity contribution < 1.29 is 9.18 Å². The molecule has 0 bridgehead atoms. The molecule has 6 nitrogen and oxygen atoms in total. The smallest absolute Gasteiger partial charge is 0.243 e. The van der Waals surface area contributed by atoms with Crippen LogP contribution in [0.3, 0.4) is 0 Å². The number of aryl methyl sites for hydroxylation is 1. The van der Waals surface area contributed by atoms with Gasteiger partial charge in [0.2, 0.25) is 5.91 Å². The average molecular weight is 363 g/mol. The normalized spacial score (nSPS) is 11.2. The summed E-state index contributed by atoms with van der Waals surface area (Å²) in [4.78, 5) is 21.6. The molecule has 1 aromatic carbocycles. The van der Waals surface area contributed by atoms with Crippen LogP contribution < -0.4 is 16.0 Å². The number of aromatic nitrogens is 1. The van der Waals surface area contributed by atoms with E-state index in [4.69, 9.17) is 0 Å². The number of rotatable bonds is 7. The fourth-order valence-electron chi connectivity index (χ4n) is 2.07. The van der Waals surface area contributed by atoms with E-state index >= 15 is 0 Å². The predicted molar refractivity (Wildman–Crippen MR) is 99.6 cm³/mol. The zero-order valence-electron chi connectivity index (χ0n) is 14.3. The highest BCUT2D eigenvalue weighted by Gasteiger charge is 2.06. The SMILES string of the molecule is CCc1cnc(CCNC(=NC)NCC(=O)Nc2cccc(F)c2)s1. The fourth-order valence-corrected chi connectivity index (χ4v) is 2.93. The van der Waals surface area contributed by atoms with Gasteiger partial charge in [0.1, 0.15) is 5.82 Å². The Balaban J connectivity index is 1.71. The molecule has 0 unspecified atom stereocenters. The summed E-state index contributed by atoms with van der Waals surface area (Å²) in [5.74, 6) is -0.139. The van der Waals surface area contributed by atoms with Crippen molar-refractivity contribution in [1.29, 1.82) is 0 Å². The molecule has 8 heteroatoms. The molecule has 0 saturated carbocycles. The first-order chi connectivity index (χ1) is 12.1. The number of nitrogens with one attached hydrogen (secondary N) is 3. The summed E-state index contributed by atoms with van der Waals surface area (Å²) in [6.07, 6.45) is 3.69. The van der Waals surface area contributed by atoms with Gasteiger partial charge in [-0.1, -0.05) is 13.0 Å². The number of carbonyl (C=O) groups is 1. The second kappa shape index (κ2) is 9.73. The van der Waals surface area contributed by atoms with Crippen LogP contribution in [0.15, 0.2) is 35.5 Å². The lowest BCUT2D eigenvalue weighted by Crippen LogP contribution is -2.42. The number of nitrogens with zero attached hydrogens (tertiary/aromatic N) is 2. The Morgan fingerprint density at radius 1 is 1.36 bits per heavy atom. The highest BCUT2D eigenvalue weighted by Crippen LogP contribution is 2.13. The molecule has 25 heavy (non-hydrogen) atoms. The largest absolute Gasteiger partial charge is 0.356 e. The van der Waals surface area contributed by atoms with Crippen LogP contribution in [-0.2, 0) is 17.6 Å². The minimum Gasteiger partial charge on any atom is -0.356 e.